The fourth-order valence-electron chi connectivity index (χ4n) is 4.53. The molecule has 2 aromatic carbocycles. The molecule has 2 aromatic heterocycles. The van der Waals surface area contributed by atoms with Crippen molar-refractivity contribution in [3.8, 4) is 17.1 Å². The van der Waals surface area contributed by atoms with E-state index >= 15 is 0 Å². The minimum atomic E-state index is -3.51. The maximum Gasteiger partial charge on any atom is 0.306 e. The highest BCUT2D eigenvalue weighted by atomic mass is 32.2. The first-order valence-electron chi connectivity index (χ1n) is 12.0. The van der Waals surface area contributed by atoms with Gasteiger partial charge in [-0.1, -0.05) is 36.0 Å². The lowest BCUT2D eigenvalue weighted by Crippen LogP contribution is -2.27. The van der Waals surface area contributed by atoms with Crippen molar-refractivity contribution in [1.29, 1.82) is 0 Å². The number of nitrogens with zero attached hydrogens (tertiary/aromatic N) is 5. The van der Waals surface area contributed by atoms with Crippen LogP contribution < -0.4 is 4.18 Å². The second kappa shape index (κ2) is 10.6. The van der Waals surface area contributed by atoms with Crippen molar-refractivity contribution in [2.45, 2.75) is 24.4 Å². The third-order valence-corrected chi connectivity index (χ3v) is 7.96. The Morgan fingerprint density at radius 2 is 1.83 bits per heavy atom. The quantitative estimate of drug-likeness (QED) is 0.195. The van der Waals surface area contributed by atoms with Crippen molar-refractivity contribution in [1.82, 2.24) is 24.6 Å². The lowest BCUT2D eigenvalue weighted by Gasteiger charge is -2.19. The Morgan fingerprint density at radius 3 is 2.67 bits per heavy atom. The zero-order valence-electron chi connectivity index (χ0n) is 20.4. The molecule has 0 radical (unpaired) electrons. The Labute approximate surface area is 215 Å². The fraction of sp³-hybridized carbons (Fsp3) is 0.346. The van der Waals surface area contributed by atoms with Gasteiger partial charge in [-0.2, -0.15) is 8.42 Å². The molecule has 0 fully saturated rings. The highest BCUT2D eigenvalue weighted by Gasteiger charge is 2.16. The minimum absolute atomic E-state index is 0.392. The van der Waals surface area contributed by atoms with Crippen molar-refractivity contribution in [2.75, 3.05) is 31.6 Å². The molecule has 0 saturated carbocycles. The highest BCUT2D eigenvalue weighted by Crippen LogP contribution is 2.26. The maximum atomic E-state index is 11.4. The first-order valence-corrected chi connectivity index (χ1v) is 14.8. The summed E-state index contributed by atoms with van der Waals surface area (Å²) in [5.41, 5.74) is 4.37. The molecular weight excluding hydrogens is 494 g/mol. The summed E-state index contributed by atoms with van der Waals surface area (Å²) in [5.74, 6) is 2.17. The normalized spacial score (nSPS) is 14.5. The van der Waals surface area contributed by atoms with E-state index in [1.165, 1.54) is 11.1 Å². The molecule has 8 nitrogen and oxygen atoms in total. The van der Waals surface area contributed by atoms with Gasteiger partial charge in [0.25, 0.3) is 0 Å². The SMILES string of the molecule is Cn1c(SCCCN2CCc3ccc(OS(C)(=O)=O)cc3CC2)nnc1-c1cnc2ccccc2c1. The molecule has 0 spiro atoms. The van der Waals surface area contributed by atoms with E-state index in [9.17, 15) is 8.42 Å². The van der Waals surface area contributed by atoms with E-state index in [1.807, 2.05) is 48.1 Å². The third-order valence-electron chi connectivity index (χ3n) is 6.35. The van der Waals surface area contributed by atoms with Crippen LogP contribution in [0.15, 0.2) is 59.9 Å². The number of hydrogen-bond donors (Lipinski definition) is 0. The van der Waals surface area contributed by atoms with Gasteiger partial charge in [-0.05, 0) is 61.2 Å². The number of pyridine rings is 1. The zero-order valence-corrected chi connectivity index (χ0v) is 22.1. The fourth-order valence-corrected chi connectivity index (χ4v) is 5.82. The molecule has 10 heteroatoms. The third kappa shape index (κ3) is 5.88. The molecule has 1 aliphatic heterocycles. The number of fused-ring (bicyclic) bond motifs is 2. The van der Waals surface area contributed by atoms with Crippen LogP contribution in [-0.4, -0.2) is 64.7 Å². The molecule has 3 heterocycles. The molecule has 5 rings (SSSR count). The largest absolute Gasteiger partial charge is 0.383 e. The predicted molar refractivity (Wildman–Crippen MR) is 143 cm³/mol. The van der Waals surface area contributed by atoms with Crippen LogP contribution in [0.25, 0.3) is 22.3 Å². The summed E-state index contributed by atoms with van der Waals surface area (Å²) < 4.78 is 30.0. The van der Waals surface area contributed by atoms with Gasteiger partial charge >= 0.3 is 10.1 Å². The number of aromatic nitrogens is 4. The molecule has 0 atom stereocenters. The van der Waals surface area contributed by atoms with E-state index in [1.54, 1.807) is 17.8 Å². The van der Waals surface area contributed by atoms with Crippen molar-refractivity contribution in [3.05, 3.63) is 65.9 Å². The van der Waals surface area contributed by atoms with Crippen LogP contribution in [0.2, 0.25) is 0 Å². The van der Waals surface area contributed by atoms with Gasteiger partial charge in [-0.3, -0.25) is 4.98 Å². The topological polar surface area (TPSA) is 90.2 Å². The van der Waals surface area contributed by atoms with Crippen LogP contribution in [0, 0.1) is 0 Å². The Hall–Kier alpha value is -2.95. The molecule has 36 heavy (non-hydrogen) atoms. The monoisotopic (exact) mass is 523 g/mol. The zero-order chi connectivity index (χ0) is 25.1. The molecule has 4 aromatic rings. The first-order chi connectivity index (χ1) is 17.4. The van der Waals surface area contributed by atoms with Gasteiger partial charge in [0, 0.05) is 43.0 Å². The van der Waals surface area contributed by atoms with Gasteiger partial charge in [0.15, 0.2) is 11.0 Å². The number of benzene rings is 2. The summed E-state index contributed by atoms with van der Waals surface area (Å²) in [6.07, 6.45) is 5.81. The molecule has 188 valence electrons. The highest BCUT2D eigenvalue weighted by molar-refractivity contribution is 7.99. The van der Waals surface area contributed by atoms with E-state index in [0.29, 0.717) is 5.75 Å². The smallest absolute Gasteiger partial charge is 0.306 e. The predicted octanol–water partition coefficient (Wildman–Crippen LogP) is 3.95. The Morgan fingerprint density at radius 1 is 1.03 bits per heavy atom. The van der Waals surface area contributed by atoms with E-state index < -0.39 is 10.1 Å². The van der Waals surface area contributed by atoms with E-state index in [2.05, 4.69) is 32.2 Å². The van der Waals surface area contributed by atoms with Crippen LogP contribution in [0.5, 0.6) is 5.75 Å². The molecular formula is C26H29N5O3S2. The van der Waals surface area contributed by atoms with Crippen molar-refractivity contribution in [2.24, 2.45) is 7.05 Å². The van der Waals surface area contributed by atoms with Gasteiger partial charge in [0.2, 0.25) is 0 Å². The number of para-hydroxylation sites is 1. The molecule has 0 aliphatic carbocycles. The summed E-state index contributed by atoms with van der Waals surface area (Å²) in [7, 11) is -1.51. The summed E-state index contributed by atoms with van der Waals surface area (Å²) in [6.45, 7) is 2.95. The van der Waals surface area contributed by atoms with Crippen LogP contribution >= 0.6 is 11.8 Å². The molecule has 0 amide bonds. The molecule has 1 aliphatic rings. The standard InChI is InChI=1S/C26H29N5O3S2/c1-30-25(22-16-21-6-3-4-7-24(21)27-18-22)28-29-26(30)35-15-5-12-31-13-10-19-8-9-23(34-36(2,32)33)17-20(19)11-14-31/h3-4,6-9,16-18H,5,10-15H2,1-2H3. The summed E-state index contributed by atoms with van der Waals surface area (Å²) in [6, 6.07) is 15.8. The summed E-state index contributed by atoms with van der Waals surface area (Å²) in [4.78, 5) is 7.02. The van der Waals surface area contributed by atoms with E-state index in [-0.39, 0.29) is 0 Å². The van der Waals surface area contributed by atoms with Crippen LogP contribution in [0.1, 0.15) is 17.5 Å². The Balaban J connectivity index is 1.13. The van der Waals surface area contributed by atoms with Crippen LogP contribution in [-0.2, 0) is 30.0 Å². The van der Waals surface area contributed by atoms with Crippen molar-refractivity contribution >= 4 is 32.8 Å². The van der Waals surface area contributed by atoms with Gasteiger partial charge in [0.05, 0.1) is 11.8 Å². The Bertz CT molecular complexity index is 1490. The van der Waals surface area contributed by atoms with Gasteiger partial charge in [0.1, 0.15) is 5.75 Å². The molecule has 0 N–H and O–H groups in total. The van der Waals surface area contributed by atoms with Crippen molar-refractivity contribution in [3.63, 3.8) is 0 Å². The number of hydrogen-bond acceptors (Lipinski definition) is 8. The van der Waals surface area contributed by atoms with Gasteiger partial charge < -0.3 is 13.7 Å². The summed E-state index contributed by atoms with van der Waals surface area (Å²) in [5, 5.41) is 10.8. The van der Waals surface area contributed by atoms with Gasteiger partial charge in [-0.25, -0.2) is 0 Å². The van der Waals surface area contributed by atoms with Crippen LogP contribution in [0.3, 0.4) is 0 Å². The molecule has 0 saturated heterocycles. The van der Waals surface area contributed by atoms with E-state index in [0.717, 1.165) is 78.4 Å². The molecule has 0 unspecified atom stereocenters. The van der Waals surface area contributed by atoms with Crippen molar-refractivity contribution < 1.29 is 12.6 Å². The number of thioether (sulfide) groups is 1. The second-order valence-corrected chi connectivity index (χ2v) is 11.7. The first kappa shape index (κ1) is 24.7. The van der Waals surface area contributed by atoms with E-state index in [4.69, 9.17) is 4.18 Å². The second-order valence-electron chi connectivity index (χ2n) is 9.04. The number of rotatable bonds is 8. The summed E-state index contributed by atoms with van der Waals surface area (Å²) >= 11 is 1.72. The lowest BCUT2D eigenvalue weighted by molar-refractivity contribution is 0.289. The average molecular weight is 524 g/mol. The van der Waals surface area contributed by atoms with Gasteiger partial charge in [-0.15, -0.1) is 10.2 Å². The average Bonchev–Trinajstić information content (AvgIpc) is 3.09. The lowest BCUT2D eigenvalue weighted by atomic mass is 10.0. The Kier molecular flexibility index (Phi) is 7.27. The van der Waals surface area contributed by atoms with Crippen LogP contribution in [0.4, 0.5) is 0 Å². The molecule has 0 bridgehead atoms. The minimum Gasteiger partial charge on any atom is -0.383 e. The maximum absolute atomic E-state index is 11.4.